The molecule has 1 atom stereocenters. The third-order valence-electron chi connectivity index (χ3n) is 6.29. The topological polar surface area (TPSA) is 85.9 Å². The molecule has 0 saturated carbocycles. The first-order valence-corrected chi connectivity index (χ1v) is 12.1. The Labute approximate surface area is 199 Å². The summed E-state index contributed by atoms with van der Waals surface area (Å²) < 4.78 is 4.18. The minimum absolute atomic E-state index is 0.0369. The van der Waals surface area contributed by atoms with Crippen LogP contribution in [-0.4, -0.2) is 48.2 Å². The third kappa shape index (κ3) is 3.67. The van der Waals surface area contributed by atoms with E-state index in [2.05, 4.69) is 16.1 Å². The molecule has 1 fully saturated rings. The van der Waals surface area contributed by atoms with Gasteiger partial charge in [0.05, 0.1) is 27.1 Å². The molecule has 8 nitrogen and oxygen atoms in total. The number of carbonyl (C=O) groups excluding carboxylic acids is 1. The molecular formula is C25H22N6O2S. The number of nitrogens with zero attached hydrogens (tertiary/aromatic N) is 6. The molecule has 1 amide bonds. The van der Waals surface area contributed by atoms with Crippen molar-refractivity contribution < 1.29 is 4.79 Å². The Morgan fingerprint density at radius 1 is 1.09 bits per heavy atom. The smallest absolute Gasteiger partial charge is 0.264 e. The van der Waals surface area contributed by atoms with Gasteiger partial charge in [-0.1, -0.05) is 30.3 Å². The van der Waals surface area contributed by atoms with Crippen molar-refractivity contribution >= 4 is 38.5 Å². The van der Waals surface area contributed by atoms with Gasteiger partial charge in [0.1, 0.15) is 18.3 Å². The average molecular weight is 471 g/mol. The van der Waals surface area contributed by atoms with Gasteiger partial charge in [-0.3, -0.25) is 14.2 Å². The number of thiazole rings is 1. The fraction of sp³-hybridized carbons (Fsp3) is 0.240. The first kappa shape index (κ1) is 20.7. The highest BCUT2D eigenvalue weighted by atomic mass is 32.1. The molecule has 0 N–H and O–H groups in total. The highest BCUT2D eigenvalue weighted by molar-refractivity contribution is 7.18. The van der Waals surface area contributed by atoms with Crippen molar-refractivity contribution in [3.63, 3.8) is 0 Å². The molecule has 1 saturated heterocycles. The summed E-state index contributed by atoms with van der Waals surface area (Å²) in [6.45, 7) is 1.27. The summed E-state index contributed by atoms with van der Waals surface area (Å²) in [7, 11) is 0. The van der Waals surface area contributed by atoms with E-state index in [0.29, 0.717) is 24.1 Å². The van der Waals surface area contributed by atoms with E-state index >= 15 is 0 Å². The van der Waals surface area contributed by atoms with Crippen LogP contribution in [0, 0.1) is 0 Å². The zero-order valence-electron chi connectivity index (χ0n) is 18.4. The quantitative estimate of drug-likeness (QED) is 0.401. The van der Waals surface area contributed by atoms with Gasteiger partial charge in [0.25, 0.3) is 5.56 Å². The Morgan fingerprint density at radius 2 is 1.91 bits per heavy atom. The number of amides is 1. The number of para-hydroxylation sites is 2. The first-order chi connectivity index (χ1) is 16.7. The van der Waals surface area contributed by atoms with Gasteiger partial charge in [0.15, 0.2) is 5.65 Å². The number of likely N-dealkylation sites (tertiary alicyclic amines) is 1. The number of fused-ring (bicyclic) bond motifs is 2. The molecule has 0 radical (unpaired) electrons. The molecule has 1 aliphatic heterocycles. The van der Waals surface area contributed by atoms with Crippen LogP contribution < -0.4 is 5.56 Å². The largest absolute Gasteiger partial charge is 0.340 e. The fourth-order valence-corrected chi connectivity index (χ4v) is 5.63. The monoisotopic (exact) mass is 470 g/mol. The van der Waals surface area contributed by atoms with Crippen LogP contribution in [0.3, 0.4) is 0 Å². The molecule has 0 aliphatic carbocycles. The van der Waals surface area contributed by atoms with Crippen molar-refractivity contribution in [3.05, 3.63) is 82.5 Å². The minimum Gasteiger partial charge on any atom is -0.340 e. The molecule has 0 bridgehead atoms. The van der Waals surface area contributed by atoms with Crippen LogP contribution >= 0.6 is 11.3 Å². The Balaban J connectivity index is 1.22. The number of hydrogen-bond donors (Lipinski definition) is 0. The molecule has 5 aromatic rings. The van der Waals surface area contributed by atoms with E-state index < -0.39 is 0 Å². The zero-order valence-corrected chi connectivity index (χ0v) is 19.2. The molecule has 2 aromatic carbocycles. The summed E-state index contributed by atoms with van der Waals surface area (Å²) in [4.78, 5) is 37.3. The lowest BCUT2D eigenvalue weighted by Crippen LogP contribution is -2.42. The Morgan fingerprint density at radius 3 is 2.76 bits per heavy atom. The molecule has 9 heteroatoms. The Kier molecular flexibility index (Phi) is 5.18. The second-order valence-electron chi connectivity index (χ2n) is 8.51. The van der Waals surface area contributed by atoms with Gasteiger partial charge in [-0.05, 0) is 37.1 Å². The van der Waals surface area contributed by atoms with E-state index in [1.807, 2.05) is 53.4 Å². The molecule has 34 heavy (non-hydrogen) atoms. The van der Waals surface area contributed by atoms with E-state index in [0.717, 1.165) is 29.1 Å². The van der Waals surface area contributed by atoms with Crippen LogP contribution in [0.15, 0.2) is 71.9 Å². The van der Waals surface area contributed by atoms with Crippen molar-refractivity contribution in [3.8, 4) is 5.69 Å². The van der Waals surface area contributed by atoms with Crippen molar-refractivity contribution in [2.75, 3.05) is 13.1 Å². The van der Waals surface area contributed by atoms with Gasteiger partial charge in [-0.2, -0.15) is 5.10 Å². The van der Waals surface area contributed by atoms with E-state index in [-0.39, 0.29) is 23.9 Å². The number of aromatic nitrogens is 5. The summed E-state index contributed by atoms with van der Waals surface area (Å²) in [6.07, 6.45) is 4.89. The van der Waals surface area contributed by atoms with Crippen LogP contribution in [0.1, 0.15) is 23.8 Å². The van der Waals surface area contributed by atoms with Crippen LogP contribution in [0.25, 0.3) is 26.9 Å². The van der Waals surface area contributed by atoms with Gasteiger partial charge in [0.2, 0.25) is 5.91 Å². The van der Waals surface area contributed by atoms with Crippen LogP contribution in [-0.2, 0) is 11.3 Å². The van der Waals surface area contributed by atoms with E-state index in [1.54, 1.807) is 16.0 Å². The highest BCUT2D eigenvalue weighted by Crippen LogP contribution is 2.33. The van der Waals surface area contributed by atoms with Crippen molar-refractivity contribution in [2.45, 2.75) is 25.3 Å². The Bertz CT molecular complexity index is 1520. The van der Waals surface area contributed by atoms with Crippen molar-refractivity contribution in [1.82, 2.24) is 29.2 Å². The second-order valence-corrected chi connectivity index (χ2v) is 9.57. The SMILES string of the molecule is O=C(Cn1cnc2c(cnn2-c2ccccc2)c1=O)N1CCC[C@H](c2nc3ccccc3s2)C1. The summed E-state index contributed by atoms with van der Waals surface area (Å²) in [6, 6.07) is 17.7. The van der Waals surface area contributed by atoms with Crippen LogP contribution in [0.2, 0.25) is 0 Å². The van der Waals surface area contributed by atoms with Crippen molar-refractivity contribution in [2.24, 2.45) is 0 Å². The van der Waals surface area contributed by atoms with E-state index in [4.69, 9.17) is 4.98 Å². The third-order valence-corrected chi connectivity index (χ3v) is 7.49. The number of carbonyl (C=O) groups is 1. The van der Waals surface area contributed by atoms with Crippen LogP contribution in [0.4, 0.5) is 0 Å². The summed E-state index contributed by atoms with van der Waals surface area (Å²) in [5.41, 5.74) is 2.05. The lowest BCUT2D eigenvalue weighted by Gasteiger charge is -2.32. The molecule has 6 rings (SSSR count). The fourth-order valence-electron chi connectivity index (χ4n) is 4.54. The molecular weight excluding hydrogens is 448 g/mol. The highest BCUT2D eigenvalue weighted by Gasteiger charge is 2.27. The number of piperidine rings is 1. The van der Waals surface area contributed by atoms with E-state index in [9.17, 15) is 9.59 Å². The molecule has 0 unspecified atom stereocenters. The number of hydrogen-bond acceptors (Lipinski definition) is 6. The molecule has 1 aliphatic rings. The maximum Gasteiger partial charge on any atom is 0.264 e. The minimum atomic E-state index is -0.264. The lowest BCUT2D eigenvalue weighted by molar-refractivity contribution is -0.133. The zero-order chi connectivity index (χ0) is 23.1. The Hall–Kier alpha value is -3.85. The standard InChI is InChI=1S/C25H22N6O2S/c32-22(29-12-6-7-17(14-29)24-28-20-10-4-5-11-21(20)34-24)15-30-16-26-23-19(25(30)33)13-27-31(23)18-8-2-1-3-9-18/h1-5,8-11,13,16-17H,6-7,12,14-15H2/t17-/m0/s1. The second kappa shape index (κ2) is 8.49. The maximum absolute atomic E-state index is 13.1. The normalized spacial score (nSPS) is 16.4. The number of rotatable bonds is 4. The van der Waals surface area contributed by atoms with Gasteiger partial charge < -0.3 is 4.90 Å². The van der Waals surface area contributed by atoms with E-state index in [1.165, 1.54) is 21.8 Å². The van der Waals surface area contributed by atoms with Gasteiger partial charge in [-0.15, -0.1) is 11.3 Å². The number of benzene rings is 2. The predicted octanol–water partition coefficient (Wildman–Crippen LogP) is 3.60. The van der Waals surface area contributed by atoms with Gasteiger partial charge in [-0.25, -0.2) is 14.6 Å². The molecule has 170 valence electrons. The molecule has 4 heterocycles. The van der Waals surface area contributed by atoms with Gasteiger partial charge in [0, 0.05) is 19.0 Å². The van der Waals surface area contributed by atoms with Gasteiger partial charge >= 0.3 is 0 Å². The first-order valence-electron chi connectivity index (χ1n) is 11.3. The van der Waals surface area contributed by atoms with Crippen LogP contribution in [0.5, 0.6) is 0 Å². The lowest BCUT2D eigenvalue weighted by atomic mass is 9.98. The molecule has 3 aromatic heterocycles. The predicted molar refractivity (Wildman–Crippen MR) is 131 cm³/mol. The summed E-state index contributed by atoms with van der Waals surface area (Å²) in [5.74, 6) is 0.140. The van der Waals surface area contributed by atoms with Crippen molar-refractivity contribution in [1.29, 1.82) is 0 Å². The molecule has 0 spiro atoms. The summed E-state index contributed by atoms with van der Waals surface area (Å²) >= 11 is 1.70. The average Bonchev–Trinajstić information content (AvgIpc) is 3.51. The summed E-state index contributed by atoms with van der Waals surface area (Å²) in [5, 5.41) is 5.81. The maximum atomic E-state index is 13.1.